The van der Waals surface area contributed by atoms with Crippen molar-refractivity contribution in [2.45, 2.75) is 18.9 Å². The van der Waals surface area contributed by atoms with Crippen molar-refractivity contribution in [1.82, 2.24) is 4.90 Å². The summed E-state index contributed by atoms with van der Waals surface area (Å²) in [6, 6.07) is 3.87. The number of benzene rings is 1. The highest BCUT2D eigenvalue weighted by molar-refractivity contribution is 6.34. The molecular formula is C14H18ClN3O4. The van der Waals surface area contributed by atoms with Crippen molar-refractivity contribution in [3.8, 4) is 0 Å². The highest BCUT2D eigenvalue weighted by atomic mass is 35.5. The van der Waals surface area contributed by atoms with Gasteiger partial charge in [-0.3, -0.25) is 19.8 Å². The van der Waals surface area contributed by atoms with E-state index in [0.29, 0.717) is 18.2 Å². The highest BCUT2D eigenvalue weighted by Crippen LogP contribution is 2.32. The summed E-state index contributed by atoms with van der Waals surface area (Å²) >= 11 is 5.92. The zero-order chi connectivity index (χ0) is 16.3. The SMILES string of the molecule is CN(CC(=O)Nc1ccc([N+](=O)[O-])cc1Cl)CC(O)C1CC1. The summed E-state index contributed by atoms with van der Waals surface area (Å²) in [4.78, 5) is 23.7. The van der Waals surface area contributed by atoms with Gasteiger partial charge in [0.25, 0.3) is 5.69 Å². The topological polar surface area (TPSA) is 95.7 Å². The molecule has 0 spiro atoms. The van der Waals surface area contributed by atoms with Gasteiger partial charge in [0.2, 0.25) is 5.91 Å². The standard InChI is InChI=1S/C14H18ClN3O4/c1-17(7-13(19)9-2-3-9)8-14(20)16-12-5-4-10(18(21)22)6-11(12)15/h4-6,9,13,19H,2-3,7-8H2,1H3,(H,16,20). The lowest BCUT2D eigenvalue weighted by Crippen LogP contribution is -2.36. The fourth-order valence-electron chi connectivity index (χ4n) is 2.17. The van der Waals surface area contributed by atoms with E-state index in [1.54, 1.807) is 11.9 Å². The van der Waals surface area contributed by atoms with Crippen molar-refractivity contribution in [3.05, 3.63) is 33.3 Å². The lowest BCUT2D eigenvalue weighted by Gasteiger charge is -2.20. The van der Waals surface area contributed by atoms with E-state index in [9.17, 15) is 20.0 Å². The molecule has 2 N–H and O–H groups in total. The minimum absolute atomic E-state index is 0.108. The van der Waals surface area contributed by atoms with Crippen LogP contribution < -0.4 is 5.32 Å². The Kier molecular flexibility index (Phi) is 5.33. The maximum absolute atomic E-state index is 11.9. The molecule has 0 saturated heterocycles. The van der Waals surface area contributed by atoms with Crippen molar-refractivity contribution < 1.29 is 14.8 Å². The summed E-state index contributed by atoms with van der Waals surface area (Å²) in [5, 5.41) is 23.2. The number of nitro benzene ring substituents is 1. The van der Waals surface area contributed by atoms with E-state index in [1.165, 1.54) is 18.2 Å². The minimum Gasteiger partial charge on any atom is -0.392 e. The average Bonchev–Trinajstić information content (AvgIpc) is 3.24. The van der Waals surface area contributed by atoms with Crippen LogP contribution in [0.4, 0.5) is 11.4 Å². The van der Waals surface area contributed by atoms with Crippen LogP contribution in [0.1, 0.15) is 12.8 Å². The van der Waals surface area contributed by atoms with Gasteiger partial charge in [0.1, 0.15) is 0 Å². The molecule has 7 nitrogen and oxygen atoms in total. The number of halogens is 1. The van der Waals surface area contributed by atoms with Crippen molar-refractivity contribution in [2.24, 2.45) is 5.92 Å². The number of carbonyl (C=O) groups excluding carboxylic acids is 1. The maximum atomic E-state index is 11.9. The molecule has 1 atom stereocenters. The molecule has 1 aromatic rings. The molecule has 1 saturated carbocycles. The second-order valence-corrected chi connectivity index (χ2v) is 5.98. The summed E-state index contributed by atoms with van der Waals surface area (Å²) in [5.41, 5.74) is 0.195. The number of nitrogens with one attached hydrogen (secondary N) is 1. The Bertz CT molecular complexity index is 577. The number of aliphatic hydroxyl groups excluding tert-OH is 1. The lowest BCUT2D eigenvalue weighted by atomic mass is 10.2. The molecule has 0 radical (unpaired) electrons. The van der Waals surface area contributed by atoms with Gasteiger partial charge in [-0.15, -0.1) is 0 Å². The molecule has 8 heteroatoms. The van der Waals surface area contributed by atoms with E-state index >= 15 is 0 Å². The van der Waals surface area contributed by atoms with E-state index < -0.39 is 11.0 Å². The molecule has 1 aliphatic carbocycles. The number of hydrogen-bond donors (Lipinski definition) is 2. The lowest BCUT2D eigenvalue weighted by molar-refractivity contribution is -0.384. The Morgan fingerprint density at radius 3 is 2.82 bits per heavy atom. The zero-order valence-electron chi connectivity index (χ0n) is 12.2. The van der Waals surface area contributed by atoms with Gasteiger partial charge in [0.05, 0.1) is 28.3 Å². The third-order valence-electron chi connectivity index (χ3n) is 3.52. The largest absolute Gasteiger partial charge is 0.392 e. The molecule has 1 fully saturated rings. The van der Waals surface area contributed by atoms with Crippen LogP contribution in [-0.4, -0.2) is 47.1 Å². The van der Waals surface area contributed by atoms with Crippen molar-refractivity contribution >= 4 is 28.9 Å². The summed E-state index contributed by atoms with van der Waals surface area (Å²) in [5.74, 6) is 0.0656. The van der Waals surface area contributed by atoms with Gasteiger partial charge < -0.3 is 10.4 Å². The van der Waals surface area contributed by atoms with Crippen LogP contribution >= 0.6 is 11.6 Å². The second-order valence-electron chi connectivity index (χ2n) is 5.57. The summed E-state index contributed by atoms with van der Waals surface area (Å²) in [7, 11) is 1.75. The molecule has 0 heterocycles. The first-order valence-electron chi connectivity index (χ1n) is 6.97. The fourth-order valence-corrected chi connectivity index (χ4v) is 2.39. The van der Waals surface area contributed by atoms with Crippen molar-refractivity contribution in [1.29, 1.82) is 0 Å². The molecule has 1 amide bonds. The van der Waals surface area contributed by atoms with Gasteiger partial charge in [-0.25, -0.2) is 0 Å². The Labute approximate surface area is 133 Å². The normalized spacial score (nSPS) is 15.6. The molecule has 2 rings (SSSR count). The van der Waals surface area contributed by atoms with Gasteiger partial charge >= 0.3 is 0 Å². The number of likely N-dealkylation sites (N-methyl/N-ethyl adjacent to an activating group) is 1. The van der Waals surface area contributed by atoms with Gasteiger partial charge in [-0.2, -0.15) is 0 Å². The van der Waals surface area contributed by atoms with E-state index in [4.69, 9.17) is 11.6 Å². The van der Waals surface area contributed by atoms with Gasteiger partial charge in [0, 0.05) is 18.7 Å². The molecule has 120 valence electrons. The van der Waals surface area contributed by atoms with E-state index in [2.05, 4.69) is 5.32 Å². The molecule has 0 aliphatic heterocycles. The van der Waals surface area contributed by atoms with E-state index in [1.807, 2.05) is 0 Å². The number of carbonyl (C=O) groups is 1. The van der Waals surface area contributed by atoms with Crippen LogP contribution in [0, 0.1) is 16.0 Å². The third-order valence-corrected chi connectivity index (χ3v) is 3.83. The number of hydrogen-bond acceptors (Lipinski definition) is 5. The molecule has 0 aromatic heterocycles. The zero-order valence-corrected chi connectivity index (χ0v) is 12.9. The van der Waals surface area contributed by atoms with Gasteiger partial charge in [-0.05, 0) is 31.9 Å². The van der Waals surface area contributed by atoms with Crippen LogP contribution in [0.3, 0.4) is 0 Å². The van der Waals surface area contributed by atoms with Crippen molar-refractivity contribution in [2.75, 3.05) is 25.5 Å². The Balaban J connectivity index is 1.87. The van der Waals surface area contributed by atoms with Crippen molar-refractivity contribution in [3.63, 3.8) is 0 Å². The van der Waals surface area contributed by atoms with Crippen LogP contribution in [0.15, 0.2) is 18.2 Å². The first-order valence-corrected chi connectivity index (χ1v) is 7.35. The fraction of sp³-hybridized carbons (Fsp3) is 0.500. The third kappa shape index (κ3) is 4.66. The Hall–Kier alpha value is -1.70. The van der Waals surface area contributed by atoms with Crippen LogP contribution in [-0.2, 0) is 4.79 Å². The number of aliphatic hydroxyl groups is 1. The first-order chi connectivity index (χ1) is 10.4. The first kappa shape index (κ1) is 16.7. The molecule has 1 aliphatic rings. The quantitative estimate of drug-likeness (QED) is 0.589. The van der Waals surface area contributed by atoms with Crippen LogP contribution in [0.2, 0.25) is 5.02 Å². The van der Waals surface area contributed by atoms with Crippen LogP contribution in [0.25, 0.3) is 0 Å². The number of rotatable bonds is 7. The summed E-state index contributed by atoms with van der Waals surface area (Å²) in [6.07, 6.45) is 1.68. The molecule has 1 aromatic carbocycles. The second kappa shape index (κ2) is 7.04. The number of nitro groups is 1. The van der Waals surface area contributed by atoms with Gasteiger partial charge in [-0.1, -0.05) is 11.6 Å². The number of amides is 1. The van der Waals surface area contributed by atoms with Gasteiger partial charge in [0.15, 0.2) is 0 Å². The Morgan fingerprint density at radius 2 is 2.27 bits per heavy atom. The van der Waals surface area contributed by atoms with E-state index in [-0.39, 0.29) is 23.2 Å². The number of nitrogens with zero attached hydrogens (tertiary/aromatic N) is 2. The monoisotopic (exact) mass is 327 g/mol. The molecule has 22 heavy (non-hydrogen) atoms. The number of non-ortho nitro benzene ring substituents is 1. The summed E-state index contributed by atoms with van der Waals surface area (Å²) < 4.78 is 0. The van der Waals surface area contributed by atoms with E-state index in [0.717, 1.165) is 12.8 Å². The molecular weight excluding hydrogens is 310 g/mol. The smallest absolute Gasteiger partial charge is 0.271 e. The van der Waals surface area contributed by atoms with Crippen LogP contribution in [0.5, 0.6) is 0 Å². The number of anilines is 1. The maximum Gasteiger partial charge on any atom is 0.271 e. The summed E-state index contributed by atoms with van der Waals surface area (Å²) in [6.45, 7) is 0.545. The molecule has 1 unspecified atom stereocenters. The predicted octanol–water partition coefficient (Wildman–Crippen LogP) is 1.89. The minimum atomic E-state index is -0.551. The molecule has 0 bridgehead atoms. The highest BCUT2D eigenvalue weighted by Gasteiger charge is 2.30. The average molecular weight is 328 g/mol. The predicted molar refractivity (Wildman–Crippen MR) is 83.0 cm³/mol. The Morgan fingerprint density at radius 1 is 1.59 bits per heavy atom.